The number of thiophene rings is 1. The second kappa shape index (κ2) is 9.48. The number of nitrogens with one attached hydrogen (secondary N) is 2. The van der Waals surface area contributed by atoms with E-state index >= 15 is 0 Å². The molecule has 5 rings (SSSR count). The van der Waals surface area contributed by atoms with E-state index < -0.39 is 0 Å². The van der Waals surface area contributed by atoms with Crippen LogP contribution in [0.1, 0.15) is 34.5 Å². The van der Waals surface area contributed by atoms with Crippen LogP contribution in [-0.4, -0.2) is 20.7 Å². The van der Waals surface area contributed by atoms with Gasteiger partial charge >= 0.3 is 0 Å². The lowest BCUT2D eigenvalue weighted by Gasteiger charge is -2.27. The van der Waals surface area contributed by atoms with Crippen LogP contribution in [0.25, 0.3) is 0 Å². The van der Waals surface area contributed by atoms with Gasteiger partial charge in [0.2, 0.25) is 11.1 Å². The number of carbonyl (C=O) groups excluding carboxylic acids is 1. The topological polar surface area (TPSA) is 71.8 Å². The number of hydrogen-bond donors (Lipinski definition) is 2. The average Bonchev–Trinajstić information content (AvgIpc) is 3.48. The SMILES string of the molecule is CC1=C(C(=O)Nc2ccccc2C)[C@H](c2cccs2)n2nc(SCc3cccc(C)c3)nc2N1. The van der Waals surface area contributed by atoms with Crippen molar-refractivity contribution >= 4 is 40.6 Å². The summed E-state index contributed by atoms with van der Waals surface area (Å²) in [5.41, 5.74) is 5.70. The molecule has 0 aliphatic carbocycles. The second-order valence-electron chi connectivity index (χ2n) is 8.29. The molecule has 1 aliphatic rings. The van der Waals surface area contributed by atoms with Gasteiger partial charge in [0.1, 0.15) is 6.04 Å². The van der Waals surface area contributed by atoms with E-state index in [1.54, 1.807) is 23.1 Å². The van der Waals surface area contributed by atoms with Gasteiger partial charge in [-0.15, -0.1) is 16.4 Å². The zero-order chi connectivity index (χ0) is 23.7. The van der Waals surface area contributed by atoms with Crippen LogP contribution in [0, 0.1) is 13.8 Å². The summed E-state index contributed by atoms with van der Waals surface area (Å²) in [5, 5.41) is 13.9. The van der Waals surface area contributed by atoms with E-state index in [-0.39, 0.29) is 11.9 Å². The monoisotopic (exact) mass is 487 g/mol. The second-order valence-corrected chi connectivity index (χ2v) is 10.2. The lowest BCUT2D eigenvalue weighted by atomic mass is 10.0. The first kappa shape index (κ1) is 22.4. The summed E-state index contributed by atoms with van der Waals surface area (Å²) < 4.78 is 1.84. The number of aromatic nitrogens is 3. The minimum absolute atomic E-state index is 0.146. The lowest BCUT2D eigenvalue weighted by Crippen LogP contribution is -2.31. The molecule has 0 bridgehead atoms. The molecule has 0 saturated heterocycles. The highest BCUT2D eigenvalue weighted by atomic mass is 32.2. The van der Waals surface area contributed by atoms with Crippen molar-refractivity contribution < 1.29 is 4.79 Å². The lowest BCUT2D eigenvalue weighted by molar-refractivity contribution is -0.113. The Morgan fingerprint density at radius 2 is 1.97 bits per heavy atom. The Bertz CT molecular complexity index is 1370. The van der Waals surface area contributed by atoms with Gasteiger partial charge < -0.3 is 10.6 Å². The average molecular weight is 488 g/mol. The van der Waals surface area contributed by atoms with E-state index in [0.717, 1.165) is 27.6 Å². The molecule has 4 aromatic rings. The fourth-order valence-electron chi connectivity index (χ4n) is 4.05. The zero-order valence-electron chi connectivity index (χ0n) is 19.2. The van der Waals surface area contributed by atoms with Gasteiger partial charge in [0.25, 0.3) is 5.91 Å². The molecule has 8 heteroatoms. The number of rotatable bonds is 6. The molecule has 34 heavy (non-hydrogen) atoms. The van der Waals surface area contributed by atoms with Crippen molar-refractivity contribution in [2.75, 3.05) is 10.6 Å². The molecule has 2 aromatic carbocycles. The summed E-state index contributed by atoms with van der Waals surface area (Å²) in [5.74, 6) is 1.28. The maximum atomic E-state index is 13.5. The van der Waals surface area contributed by atoms with Crippen molar-refractivity contribution in [2.24, 2.45) is 0 Å². The molecule has 6 nitrogen and oxygen atoms in total. The van der Waals surface area contributed by atoms with Crippen molar-refractivity contribution in [3.8, 4) is 0 Å². The van der Waals surface area contributed by atoms with E-state index in [4.69, 9.17) is 10.1 Å². The molecule has 1 amide bonds. The van der Waals surface area contributed by atoms with Gasteiger partial charge in [0.15, 0.2) is 0 Å². The van der Waals surface area contributed by atoms with Crippen molar-refractivity contribution in [3.05, 3.63) is 98.9 Å². The number of fused-ring (bicyclic) bond motifs is 1. The van der Waals surface area contributed by atoms with Crippen LogP contribution in [-0.2, 0) is 10.5 Å². The molecule has 172 valence electrons. The number of anilines is 2. The molecule has 0 spiro atoms. The Morgan fingerprint density at radius 3 is 2.74 bits per heavy atom. The Hall–Kier alpha value is -3.36. The quantitative estimate of drug-likeness (QED) is 0.318. The van der Waals surface area contributed by atoms with Crippen molar-refractivity contribution in [3.63, 3.8) is 0 Å². The Kier molecular flexibility index (Phi) is 6.26. The third-order valence-corrected chi connectivity index (χ3v) is 7.57. The number of hydrogen-bond acceptors (Lipinski definition) is 6. The predicted octanol–water partition coefficient (Wildman–Crippen LogP) is 6.18. The van der Waals surface area contributed by atoms with E-state index in [1.165, 1.54) is 11.1 Å². The third-order valence-electron chi connectivity index (χ3n) is 5.73. The van der Waals surface area contributed by atoms with Gasteiger partial charge in [-0.05, 0) is 49.4 Å². The Morgan fingerprint density at radius 1 is 1.12 bits per heavy atom. The highest BCUT2D eigenvalue weighted by molar-refractivity contribution is 7.98. The maximum absolute atomic E-state index is 13.5. The highest BCUT2D eigenvalue weighted by Crippen LogP contribution is 2.38. The highest BCUT2D eigenvalue weighted by Gasteiger charge is 2.35. The zero-order valence-corrected chi connectivity index (χ0v) is 20.8. The summed E-state index contributed by atoms with van der Waals surface area (Å²) in [6.07, 6.45) is 0. The van der Waals surface area contributed by atoms with Crippen LogP contribution in [0.5, 0.6) is 0 Å². The van der Waals surface area contributed by atoms with Crippen molar-refractivity contribution in [1.29, 1.82) is 0 Å². The molecule has 0 unspecified atom stereocenters. The number of carbonyl (C=O) groups is 1. The Labute approximate surface area is 207 Å². The first-order chi connectivity index (χ1) is 16.5. The van der Waals surface area contributed by atoms with Gasteiger partial charge in [-0.25, -0.2) is 4.68 Å². The number of thioether (sulfide) groups is 1. The first-order valence-corrected chi connectivity index (χ1v) is 12.9. The van der Waals surface area contributed by atoms with Crippen LogP contribution >= 0.6 is 23.1 Å². The van der Waals surface area contributed by atoms with Gasteiger partial charge in [-0.1, -0.05) is 65.9 Å². The molecule has 1 aliphatic heterocycles. The Balaban J connectivity index is 1.46. The van der Waals surface area contributed by atoms with Gasteiger partial charge in [-0.3, -0.25) is 4.79 Å². The summed E-state index contributed by atoms with van der Waals surface area (Å²) >= 11 is 3.20. The molecule has 0 radical (unpaired) electrons. The van der Waals surface area contributed by atoms with Crippen LogP contribution in [0.4, 0.5) is 11.6 Å². The van der Waals surface area contributed by atoms with Crippen molar-refractivity contribution in [1.82, 2.24) is 14.8 Å². The van der Waals surface area contributed by atoms with Gasteiger partial charge in [-0.2, -0.15) is 4.98 Å². The van der Waals surface area contributed by atoms with Gasteiger partial charge in [0.05, 0.1) is 5.57 Å². The van der Waals surface area contributed by atoms with E-state index in [9.17, 15) is 4.79 Å². The molecule has 0 saturated carbocycles. The van der Waals surface area contributed by atoms with E-state index in [0.29, 0.717) is 16.7 Å². The van der Waals surface area contributed by atoms with Gasteiger partial charge in [0, 0.05) is 22.0 Å². The number of allylic oxidation sites excluding steroid dienone is 1. The fourth-order valence-corrected chi connectivity index (χ4v) is 5.64. The minimum atomic E-state index is -0.346. The molecule has 1 atom stereocenters. The minimum Gasteiger partial charge on any atom is -0.328 e. The largest absolute Gasteiger partial charge is 0.328 e. The molecule has 2 N–H and O–H groups in total. The standard InChI is InChI=1S/C26H25N5OS2/c1-16-8-6-10-19(14-16)15-34-26-29-25-27-18(3)22(23(31(25)30-26)21-12-7-13-33-21)24(32)28-20-11-5-4-9-17(20)2/h4-14,23H,15H2,1-3H3,(H,28,32)(H,27,29,30)/t23-/m0/s1. The molecular weight excluding hydrogens is 462 g/mol. The van der Waals surface area contributed by atoms with Crippen LogP contribution < -0.4 is 10.6 Å². The molecule has 0 fully saturated rings. The predicted molar refractivity (Wildman–Crippen MR) is 139 cm³/mol. The fraction of sp³-hybridized carbons (Fsp3) is 0.192. The summed E-state index contributed by atoms with van der Waals surface area (Å²) in [4.78, 5) is 19.3. The molecule has 3 heterocycles. The van der Waals surface area contributed by atoms with E-state index in [1.807, 2.05) is 60.3 Å². The number of nitrogens with zero attached hydrogens (tertiary/aromatic N) is 3. The van der Waals surface area contributed by atoms with Crippen LogP contribution in [0.2, 0.25) is 0 Å². The summed E-state index contributed by atoms with van der Waals surface area (Å²) in [6, 6.07) is 19.9. The van der Waals surface area contributed by atoms with Crippen molar-refractivity contribution in [2.45, 2.75) is 37.7 Å². The first-order valence-electron chi connectivity index (χ1n) is 11.0. The van der Waals surface area contributed by atoms with Crippen LogP contribution in [0.3, 0.4) is 0 Å². The van der Waals surface area contributed by atoms with Crippen LogP contribution in [0.15, 0.2) is 82.5 Å². The molecular formula is C26H25N5OS2. The number of para-hydroxylation sites is 1. The smallest absolute Gasteiger partial charge is 0.255 e. The number of benzene rings is 2. The number of amides is 1. The molecule has 2 aromatic heterocycles. The number of aryl methyl sites for hydroxylation is 2. The normalized spacial score (nSPS) is 15.1. The summed E-state index contributed by atoms with van der Waals surface area (Å²) in [7, 11) is 0. The maximum Gasteiger partial charge on any atom is 0.255 e. The third kappa shape index (κ3) is 4.51. The summed E-state index contributed by atoms with van der Waals surface area (Å²) in [6.45, 7) is 6.00. The van der Waals surface area contributed by atoms with E-state index in [2.05, 4.69) is 41.8 Å².